The Labute approximate surface area is 74.7 Å². The predicted octanol–water partition coefficient (Wildman–Crippen LogP) is -0.320. The van der Waals surface area contributed by atoms with E-state index in [4.69, 9.17) is 5.26 Å². The molecule has 0 saturated heterocycles. The summed E-state index contributed by atoms with van der Waals surface area (Å²) in [5, 5.41) is 20.9. The number of nitriles is 1. The average Bonchev–Trinajstić information content (AvgIpc) is 2.82. The molecule has 1 amide bonds. The second kappa shape index (κ2) is 3.39. The molecule has 1 aliphatic rings. The van der Waals surface area contributed by atoms with Gasteiger partial charge in [0, 0.05) is 11.3 Å². The van der Waals surface area contributed by atoms with E-state index in [1.54, 1.807) is 0 Å². The molecule has 6 heteroatoms. The maximum atomic E-state index is 11.1. The van der Waals surface area contributed by atoms with Crippen LogP contribution in [0.1, 0.15) is 13.3 Å². The fourth-order valence-electron chi connectivity index (χ4n) is 1.05. The van der Waals surface area contributed by atoms with Gasteiger partial charge in [-0.1, -0.05) is 0 Å². The molecule has 1 saturated carbocycles. The molecule has 1 rings (SSSR count). The van der Waals surface area contributed by atoms with Gasteiger partial charge < -0.3 is 5.32 Å². The number of hydrogen-bond donors (Lipinski definition) is 1. The molecular formula is C7H9N3O3. The summed E-state index contributed by atoms with van der Waals surface area (Å²) in [4.78, 5) is 20.9. The third kappa shape index (κ3) is 2.15. The first-order valence-corrected chi connectivity index (χ1v) is 3.89. The van der Waals surface area contributed by atoms with Gasteiger partial charge in [-0.15, -0.1) is 0 Å². The molecule has 3 unspecified atom stereocenters. The molecule has 0 aromatic carbocycles. The van der Waals surface area contributed by atoms with Crippen molar-refractivity contribution in [3.63, 3.8) is 0 Å². The highest BCUT2D eigenvalue weighted by atomic mass is 16.6. The maximum Gasteiger partial charge on any atom is 0.231 e. The Bertz CT molecular complexity index is 283. The number of nitrogens with zero attached hydrogens (tertiary/aromatic N) is 2. The fraction of sp³-hybridized carbons (Fsp3) is 0.714. The van der Waals surface area contributed by atoms with Crippen LogP contribution in [0.5, 0.6) is 0 Å². The van der Waals surface area contributed by atoms with E-state index in [9.17, 15) is 14.9 Å². The summed E-state index contributed by atoms with van der Waals surface area (Å²) in [7, 11) is 0. The molecule has 0 bridgehead atoms. The summed E-state index contributed by atoms with van der Waals surface area (Å²) in [6.07, 6.45) is 0.289. The van der Waals surface area contributed by atoms with Gasteiger partial charge in [-0.05, 0) is 6.92 Å². The van der Waals surface area contributed by atoms with E-state index >= 15 is 0 Å². The van der Waals surface area contributed by atoms with Crippen LogP contribution in [0.2, 0.25) is 0 Å². The Hall–Kier alpha value is -1.64. The molecule has 0 spiro atoms. The number of rotatable bonds is 3. The van der Waals surface area contributed by atoms with Crippen molar-refractivity contribution in [1.82, 2.24) is 5.32 Å². The Balaban J connectivity index is 2.37. The molecule has 1 aliphatic carbocycles. The van der Waals surface area contributed by atoms with Gasteiger partial charge >= 0.3 is 0 Å². The Morgan fingerprint density at radius 3 is 2.85 bits per heavy atom. The van der Waals surface area contributed by atoms with Crippen molar-refractivity contribution in [3.8, 4) is 6.07 Å². The van der Waals surface area contributed by atoms with E-state index in [1.165, 1.54) is 6.92 Å². The molecular weight excluding hydrogens is 174 g/mol. The van der Waals surface area contributed by atoms with Crippen LogP contribution >= 0.6 is 0 Å². The maximum absolute atomic E-state index is 11.1. The normalized spacial score (nSPS) is 27.1. The van der Waals surface area contributed by atoms with E-state index < -0.39 is 28.8 Å². The second-order valence-electron chi connectivity index (χ2n) is 3.05. The molecule has 0 heterocycles. The zero-order valence-electron chi connectivity index (χ0n) is 7.06. The minimum atomic E-state index is -0.745. The van der Waals surface area contributed by atoms with Crippen molar-refractivity contribution in [2.45, 2.75) is 25.4 Å². The van der Waals surface area contributed by atoms with Crippen LogP contribution in [0, 0.1) is 27.4 Å². The topological polar surface area (TPSA) is 96.0 Å². The first-order chi connectivity index (χ1) is 6.06. The van der Waals surface area contributed by atoms with Crippen molar-refractivity contribution in [2.24, 2.45) is 5.92 Å². The molecule has 0 aromatic heterocycles. The average molecular weight is 183 g/mol. The Morgan fingerprint density at radius 2 is 2.46 bits per heavy atom. The fourth-order valence-corrected chi connectivity index (χ4v) is 1.05. The number of nitro groups is 1. The molecule has 0 aromatic rings. The van der Waals surface area contributed by atoms with Gasteiger partial charge in [0.25, 0.3) is 0 Å². The van der Waals surface area contributed by atoms with Gasteiger partial charge in [-0.3, -0.25) is 14.9 Å². The monoisotopic (exact) mass is 183 g/mol. The first kappa shape index (κ1) is 9.45. The predicted molar refractivity (Wildman–Crippen MR) is 42.1 cm³/mol. The molecule has 3 atom stereocenters. The van der Waals surface area contributed by atoms with E-state index in [-0.39, 0.29) is 6.42 Å². The molecule has 6 nitrogen and oxygen atoms in total. The highest BCUT2D eigenvalue weighted by molar-refractivity contribution is 5.82. The second-order valence-corrected chi connectivity index (χ2v) is 3.05. The number of carbonyl (C=O) groups excluding carboxylic acids is 1. The molecule has 0 radical (unpaired) electrons. The summed E-state index contributed by atoms with van der Waals surface area (Å²) in [5.74, 6) is -0.929. The summed E-state index contributed by atoms with van der Waals surface area (Å²) >= 11 is 0. The third-order valence-corrected chi connectivity index (χ3v) is 1.92. The lowest BCUT2D eigenvalue weighted by molar-refractivity contribution is -0.497. The van der Waals surface area contributed by atoms with Gasteiger partial charge in [0.2, 0.25) is 11.9 Å². The van der Waals surface area contributed by atoms with Crippen molar-refractivity contribution >= 4 is 5.91 Å². The number of carbonyl (C=O) groups is 1. The lowest BCUT2D eigenvalue weighted by Crippen LogP contribution is -2.33. The van der Waals surface area contributed by atoms with Crippen LogP contribution in [-0.2, 0) is 4.79 Å². The SMILES string of the molecule is CC(C#N)NC(=O)C1CC1[N+](=O)[O-]. The number of hydrogen-bond acceptors (Lipinski definition) is 4. The third-order valence-electron chi connectivity index (χ3n) is 1.92. The van der Waals surface area contributed by atoms with Gasteiger partial charge in [-0.2, -0.15) is 5.26 Å². The molecule has 1 fully saturated rings. The highest BCUT2D eigenvalue weighted by Crippen LogP contribution is 2.32. The lowest BCUT2D eigenvalue weighted by atomic mass is 10.3. The van der Waals surface area contributed by atoms with Gasteiger partial charge in [0.15, 0.2) is 0 Å². The summed E-state index contributed by atoms with van der Waals surface area (Å²) in [6.45, 7) is 1.53. The molecule has 70 valence electrons. The minimum absolute atomic E-state index is 0.289. The van der Waals surface area contributed by atoms with E-state index in [2.05, 4.69) is 5.32 Å². The number of nitrogens with one attached hydrogen (secondary N) is 1. The highest BCUT2D eigenvalue weighted by Gasteiger charge is 2.53. The van der Waals surface area contributed by atoms with Gasteiger partial charge in [-0.25, -0.2) is 0 Å². The standard InChI is InChI=1S/C7H9N3O3/c1-4(3-8)9-7(11)5-2-6(5)10(12)13/h4-6H,2H2,1H3,(H,9,11). The Morgan fingerprint density at radius 1 is 1.85 bits per heavy atom. The Kier molecular flexibility index (Phi) is 2.46. The van der Waals surface area contributed by atoms with Crippen LogP contribution in [-0.4, -0.2) is 22.9 Å². The van der Waals surface area contributed by atoms with Crippen molar-refractivity contribution in [2.75, 3.05) is 0 Å². The van der Waals surface area contributed by atoms with Crippen LogP contribution in [0.15, 0.2) is 0 Å². The van der Waals surface area contributed by atoms with Crippen molar-refractivity contribution in [1.29, 1.82) is 5.26 Å². The summed E-state index contributed by atoms with van der Waals surface area (Å²) < 4.78 is 0. The van der Waals surface area contributed by atoms with Gasteiger partial charge in [0.1, 0.15) is 12.0 Å². The first-order valence-electron chi connectivity index (χ1n) is 3.89. The number of amides is 1. The van der Waals surface area contributed by atoms with Crippen LogP contribution in [0.3, 0.4) is 0 Å². The smallest absolute Gasteiger partial charge is 0.231 e. The molecule has 0 aliphatic heterocycles. The van der Waals surface area contributed by atoms with E-state index in [1.807, 2.05) is 6.07 Å². The quantitative estimate of drug-likeness (QED) is 0.479. The van der Waals surface area contributed by atoms with Crippen LogP contribution in [0.25, 0.3) is 0 Å². The lowest BCUT2D eigenvalue weighted by Gasteiger charge is -2.03. The zero-order valence-corrected chi connectivity index (χ0v) is 7.06. The van der Waals surface area contributed by atoms with Crippen LogP contribution in [0.4, 0.5) is 0 Å². The van der Waals surface area contributed by atoms with E-state index in [0.717, 1.165) is 0 Å². The summed E-state index contributed by atoms with van der Waals surface area (Å²) in [5.41, 5.74) is 0. The van der Waals surface area contributed by atoms with Crippen molar-refractivity contribution in [3.05, 3.63) is 10.1 Å². The summed E-state index contributed by atoms with van der Waals surface area (Å²) in [6, 6.07) is 0.493. The van der Waals surface area contributed by atoms with Crippen molar-refractivity contribution < 1.29 is 9.72 Å². The largest absolute Gasteiger partial charge is 0.340 e. The molecule has 13 heavy (non-hydrogen) atoms. The van der Waals surface area contributed by atoms with Crippen LogP contribution < -0.4 is 5.32 Å². The van der Waals surface area contributed by atoms with E-state index in [0.29, 0.717) is 0 Å². The minimum Gasteiger partial charge on any atom is -0.340 e. The molecule has 1 N–H and O–H groups in total. The van der Waals surface area contributed by atoms with Gasteiger partial charge in [0.05, 0.1) is 6.07 Å². The zero-order chi connectivity index (χ0) is 10.0.